The van der Waals surface area contributed by atoms with E-state index in [-0.39, 0.29) is 5.54 Å². The molecule has 2 rings (SSSR count). The molecule has 0 bridgehead atoms. The summed E-state index contributed by atoms with van der Waals surface area (Å²) in [6.45, 7) is 1.52. The molecular weight excluding hydrogens is 180 g/mol. The summed E-state index contributed by atoms with van der Waals surface area (Å²) in [4.78, 5) is 4.19. The highest BCUT2D eigenvalue weighted by atomic mass is 16.5. The molecule has 0 saturated carbocycles. The van der Waals surface area contributed by atoms with E-state index in [1.54, 1.807) is 11.0 Å². The Kier molecular flexibility index (Phi) is 2.52. The van der Waals surface area contributed by atoms with Crippen LogP contribution >= 0.6 is 0 Å². The van der Waals surface area contributed by atoms with E-state index in [9.17, 15) is 0 Å². The molecule has 0 amide bonds. The van der Waals surface area contributed by atoms with Gasteiger partial charge >= 0.3 is 0 Å². The first kappa shape index (κ1) is 9.61. The van der Waals surface area contributed by atoms with E-state index in [0.29, 0.717) is 0 Å². The predicted octanol–water partition coefficient (Wildman–Crippen LogP) is -0.135. The molecule has 1 saturated heterocycles. The third-order valence-corrected chi connectivity index (χ3v) is 2.80. The zero-order chi connectivity index (χ0) is 10.0. The molecule has 78 valence electrons. The van der Waals surface area contributed by atoms with Crippen molar-refractivity contribution in [2.24, 2.45) is 12.8 Å². The lowest BCUT2D eigenvalue weighted by Crippen LogP contribution is -2.47. The Hall–Kier alpha value is -0.940. The van der Waals surface area contributed by atoms with Gasteiger partial charge in [0.15, 0.2) is 0 Å². The van der Waals surface area contributed by atoms with E-state index >= 15 is 0 Å². The van der Waals surface area contributed by atoms with Crippen molar-refractivity contribution in [3.05, 3.63) is 12.2 Å². The van der Waals surface area contributed by atoms with Crippen LogP contribution in [0.3, 0.4) is 0 Å². The summed E-state index contributed by atoms with van der Waals surface area (Å²) in [6.07, 6.45) is 4.16. The molecule has 0 aromatic carbocycles. The van der Waals surface area contributed by atoms with E-state index in [1.165, 1.54) is 0 Å². The van der Waals surface area contributed by atoms with Crippen molar-refractivity contribution in [1.29, 1.82) is 0 Å². The van der Waals surface area contributed by atoms with Gasteiger partial charge < -0.3 is 10.5 Å². The highest BCUT2D eigenvalue weighted by molar-refractivity contribution is 4.98. The molecule has 1 aliphatic rings. The van der Waals surface area contributed by atoms with Gasteiger partial charge in [0.05, 0.1) is 0 Å². The predicted molar refractivity (Wildman–Crippen MR) is 51.7 cm³/mol. The Morgan fingerprint density at radius 2 is 2.29 bits per heavy atom. The first-order chi connectivity index (χ1) is 6.70. The number of nitrogens with two attached hydrogens (primary N) is 1. The molecule has 1 aromatic heterocycles. The maximum absolute atomic E-state index is 6.26. The molecule has 0 radical (unpaired) electrons. The Balaban J connectivity index is 2.05. The highest BCUT2D eigenvalue weighted by Gasteiger charge is 2.29. The van der Waals surface area contributed by atoms with Crippen LogP contribution in [0.1, 0.15) is 18.7 Å². The number of rotatable bonds is 2. The van der Waals surface area contributed by atoms with Crippen molar-refractivity contribution < 1.29 is 4.74 Å². The standard InChI is InChI=1S/C9H16N4O/c1-13-8(11-7-12-13)6-9(10)2-4-14-5-3-9/h7H,2-6,10H2,1H3. The fourth-order valence-corrected chi connectivity index (χ4v) is 1.75. The molecule has 1 fully saturated rings. The van der Waals surface area contributed by atoms with Gasteiger partial charge in [0, 0.05) is 32.2 Å². The summed E-state index contributed by atoms with van der Waals surface area (Å²) < 4.78 is 7.07. The summed E-state index contributed by atoms with van der Waals surface area (Å²) in [6, 6.07) is 0. The van der Waals surface area contributed by atoms with Crippen LogP contribution in [0.15, 0.2) is 6.33 Å². The van der Waals surface area contributed by atoms with Gasteiger partial charge in [0.2, 0.25) is 0 Å². The molecular formula is C9H16N4O. The maximum Gasteiger partial charge on any atom is 0.138 e. The van der Waals surface area contributed by atoms with Crippen LogP contribution in [-0.2, 0) is 18.2 Å². The van der Waals surface area contributed by atoms with Crippen molar-refractivity contribution in [3.8, 4) is 0 Å². The zero-order valence-corrected chi connectivity index (χ0v) is 8.44. The quantitative estimate of drug-likeness (QED) is 0.715. The van der Waals surface area contributed by atoms with Crippen LogP contribution in [0.4, 0.5) is 0 Å². The molecule has 1 aliphatic heterocycles. The Morgan fingerprint density at radius 3 is 2.86 bits per heavy atom. The van der Waals surface area contributed by atoms with E-state index in [1.807, 2.05) is 7.05 Å². The van der Waals surface area contributed by atoms with E-state index in [4.69, 9.17) is 10.5 Å². The lowest BCUT2D eigenvalue weighted by Gasteiger charge is -2.32. The molecule has 1 aromatic rings. The van der Waals surface area contributed by atoms with Crippen LogP contribution in [0.25, 0.3) is 0 Å². The molecule has 0 aliphatic carbocycles. The Labute approximate surface area is 83.3 Å². The average molecular weight is 196 g/mol. The molecule has 0 unspecified atom stereocenters. The number of hydrogen-bond donors (Lipinski definition) is 1. The zero-order valence-electron chi connectivity index (χ0n) is 8.44. The van der Waals surface area contributed by atoms with Gasteiger partial charge in [-0.3, -0.25) is 4.68 Å². The summed E-state index contributed by atoms with van der Waals surface area (Å²) in [5.74, 6) is 0.953. The van der Waals surface area contributed by atoms with Crippen molar-refractivity contribution in [3.63, 3.8) is 0 Å². The van der Waals surface area contributed by atoms with Crippen LogP contribution in [0, 0.1) is 0 Å². The fourth-order valence-electron chi connectivity index (χ4n) is 1.75. The van der Waals surface area contributed by atoms with Crippen molar-refractivity contribution in [1.82, 2.24) is 14.8 Å². The topological polar surface area (TPSA) is 66.0 Å². The van der Waals surface area contributed by atoms with Gasteiger partial charge in [0.1, 0.15) is 12.2 Å². The summed E-state index contributed by atoms with van der Waals surface area (Å²) >= 11 is 0. The lowest BCUT2D eigenvalue weighted by atomic mass is 9.87. The molecule has 5 heteroatoms. The summed E-state index contributed by atoms with van der Waals surface area (Å²) in [7, 11) is 1.89. The fraction of sp³-hybridized carbons (Fsp3) is 0.778. The van der Waals surface area contributed by atoms with Gasteiger partial charge in [0.25, 0.3) is 0 Å². The average Bonchev–Trinajstić information content (AvgIpc) is 2.52. The minimum absolute atomic E-state index is 0.154. The lowest BCUT2D eigenvalue weighted by molar-refractivity contribution is 0.0524. The third kappa shape index (κ3) is 1.93. The summed E-state index contributed by atoms with van der Waals surface area (Å²) in [5.41, 5.74) is 6.10. The van der Waals surface area contributed by atoms with Crippen LogP contribution in [0.2, 0.25) is 0 Å². The highest BCUT2D eigenvalue weighted by Crippen LogP contribution is 2.21. The Morgan fingerprint density at radius 1 is 1.57 bits per heavy atom. The molecule has 0 atom stereocenters. The number of nitrogens with zero attached hydrogens (tertiary/aromatic N) is 3. The number of hydrogen-bond acceptors (Lipinski definition) is 4. The molecule has 2 N–H and O–H groups in total. The van der Waals surface area contributed by atoms with Crippen molar-refractivity contribution >= 4 is 0 Å². The van der Waals surface area contributed by atoms with Crippen molar-refractivity contribution in [2.45, 2.75) is 24.8 Å². The van der Waals surface area contributed by atoms with Crippen molar-refractivity contribution in [2.75, 3.05) is 13.2 Å². The monoisotopic (exact) mass is 196 g/mol. The molecule has 0 spiro atoms. The molecule has 5 nitrogen and oxygen atoms in total. The number of aryl methyl sites for hydroxylation is 1. The normalized spacial score (nSPS) is 21.0. The van der Waals surface area contributed by atoms with Gasteiger partial charge in [-0.1, -0.05) is 0 Å². The second-order valence-electron chi connectivity index (χ2n) is 3.95. The second-order valence-corrected chi connectivity index (χ2v) is 3.95. The van der Waals surface area contributed by atoms with Gasteiger partial charge in [-0.25, -0.2) is 4.98 Å². The smallest absolute Gasteiger partial charge is 0.138 e. The van der Waals surface area contributed by atoms with Gasteiger partial charge in [-0.2, -0.15) is 5.10 Å². The van der Waals surface area contributed by atoms with Gasteiger partial charge in [-0.05, 0) is 12.8 Å². The minimum atomic E-state index is -0.154. The molecule has 14 heavy (non-hydrogen) atoms. The van der Waals surface area contributed by atoms with E-state index in [2.05, 4.69) is 10.1 Å². The first-order valence-corrected chi connectivity index (χ1v) is 4.89. The van der Waals surface area contributed by atoms with Crippen LogP contribution in [-0.4, -0.2) is 33.5 Å². The third-order valence-electron chi connectivity index (χ3n) is 2.80. The number of ether oxygens (including phenoxy) is 1. The molecule has 2 heterocycles. The largest absolute Gasteiger partial charge is 0.381 e. The minimum Gasteiger partial charge on any atom is -0.381 e. The summed E-state index contributed by atoms with van der Waals surface area (Å²) in [5, 5.41) is 4.03. The second kappa shape index (κ2) is 3.67. The van der Waals surface area contributed by atoms with Crippen LogP contribution < -0.4 is 5.73 Å². The first-order valence-electron chi connectivity index (χ1n) is 4.89. The van der Waals surface area contributed by atoms with E-state index < -0.39 is 0 Å². The van der Waals surface area contributed by atoms with Gasteiger partial charge in [-0.15, -0.1) is 0 Å². The van der Waals surface area contributed by atoms with Crippen LogP contribution in [0.5, 0.6) is 0 Å². The maximum atomic E-state index is 6.26. The SMILES string of the molecule is Cn1ncnc1CC1(N)CCOCC1. The Bertz CT molecular complexity index is 304. The number of aromatic nitrogens is 3. The van der Waals surface area contributed by atoms with E-state index in [0.717, 1.165) is 38.3 Å².